The molecule has 7 heteroatoms. The van der Waals surface area contributed by atoms with Gasteiger partial charge < -0.3 is 5.73 Å². The second-order valence-corrected chi connectivity index (χ2v) is 4.44. The van der Waals surface area contributed by atoms with E-state index in [1.165, 1.54) is 11.8 Å². The Balaban J connectivity index is 2.53. The number of benzene rings is 1. The maximum atomic E-state index is 11.0. The Kier molecular flexibility index (Phi) is 4.17. The van der Waals surface area contributed by atoms with Crippen LogP contribution in [0.25, 0.3) is 0 Å². The van der Waals surface area contributed by atoms with Gasteiger partial charge in [-0.05, 0) is 24.3 Å². The molecule has 0 saturated carbocycles. The molecule has 0 radical (unpaired) electrons. The second kappa shape index (κ2) is 6.04. The Hall–Kier alpha value is -2.59. The van der Waals surface area contributed by atoms with Crippen molar-refractivity contribution < 1.29 is 4.92 Å². The molecule has 0 bridgehead atoms. The molecule has 6 nitrogen and oxygen atoms in total. The van der Waals surface area contributed by atoms with Gasteiger partial charge in [0.25, 0.3) is 0 Å². The number of anilines is 1. The van der Waals surface area contributed by atoms with Gasteiger partial charge in [0, 0.05) is 5.56 Å². The number of aromatic nitrogens is 2. The summed E-state index contributed by atoms with van der Waals surface area (Å²) in [5.41, 5.74) is 6.00. The summed E-state index contributed by atoms with van der Waals surface area (Å²) in [4.78, 5) is 18.3. The highest BCUT2D eigenvalue weighted by molar-refractivity contribution is 7.98. The first-order chi connectivity index (χ1) is 9.61. The topological polar surface area (TPSA) is 94.9 Å². The van der Waals surface area contributed by atoms with Crippen LogP contribution < -0.4 is 5.73 Å². The molecule has 0 aliphatic heterocycles. The Labute approximate surface area is 119 Å². The van der Waals surface area contributed by atoms with Gasteiger partial charge in [0.1, 0.15) is 0 Å². The first-order valence-electron chi connectivity index (χ1n) is 5.54. The first-order valence-corrected chi connectivity index (χ1v) is 6.77. The van der Waals surface area contributed by atoms with Gasteiger partial charge in [-0.1, -0.05) is 35.9 Å². The maximum absolute atomic E-state index is 11.0. The SMILES string of the molecule is CSc1nc(N)c([N+](=O)[O-])c(C#Cc2ccccc2)n1. The third-order valence-corrected chi connectivity index (χ3v) is 2.90. The van der Waals surface area contributed by atoms with Gasteiger partial charge in [-0.25, -0.2) is 4.98 Å². The number of rotatable bonds is 2. The summed E-state index contributed by atoms with van der Waals surface area (Å²) in [6.45, 7) is 0. The molecule has 0 fully saturated rings. The molecule has 2 N–H and O–H groups in total. The lowest BCUT2D eigenvalue weighted by molar-refractivity contribution is -0.384. The van der Waals surface area contributed by atoms with Crippen LogP contribution in [-0.4, -0.2) is 21.1 Å². The number of nitrogens with two attached hydrogens (primary N) is 1. The van der Waals surface area contributed by atoms with Crippen LogP contribution in [0.15, 0.2) is 35.5 Å². The normalized spacial score (nSPS) is 9.65. The summed E-state index contributed by atoms with van der Waals surface area (Å²) >= 11 is 1.25. The van der Waals surface area contributed by atoms with Gasteiger partial charge in [-0.2, -0.15) is 4.98 Å². The quantitative estimate of drug-likeness (QED) is 0.298. The van der Waals surface area contributed by atoms with Crippen molar-refractivity contribution in [3.8, 4) is 11.8 Å². The molecule has 1 aromatic heterocycles. The highest BCUT2D eigenvalue weighted by Gasteiger charge is 2.21. The minimum absolute atomic E-state index is 0.0238. The van der Waals surface area contributed by atoms with Crippen molar-refractivity contribution in [2.24, 2.45) is 0 Å². The summed E-state index contributed by atoms with van der Waals surface area (Å²) in [5, 5.41) is 11.4. The van der Waals surface area contributed by atoms with Gasteiger partial charge in [0.05, 0.1) is 4.92 Å². The Morgan fingerprint density at radius 3 is 2.55 bits per heavy atom. The van der Waals surface area contributed by atoms with E-state index in [2.05, 4.69) is 21.8 Å². The van der Waals surface area contributed by atoms with E-state index in [4.69, 9.17) is 5.73 Å². The van der Waals surface area contributed by atoms with Crippen molar-refractivity contribution in [3.05, 3.63) is 51.7 Å². The molecule has 0 aliphatic rings. The first kappa shape index (κ1) is 13.8. The molecule has 0 atom stereocenters. The van der Waals surface area contributed by atoms with Crippen LogP contribution in [-0.2, 0) is 0 Å². The van der Waals surface area contributed by atoms with Crippen molar-refractivity contribution in [3.63, 3.8) is 0 Å². The third-order valence-electron chi connectivity index (χ3n) is 2.35. The summed E-state index contributed by atoms with van der Waals surface area (Å²) < 4.78 is 0. The fourth-order valence-corrected chi connectivity index (χ4v) is 1.83. The Morgan fingerprint density at radius 2 is 1.95 bits per heavy atom. The van der Waals surface area contributed by atoms with E-state index in [-0.39, 0.29) is 17.2 Å². The largest absolute Gasteiger partial charge is 0.378 e. The molecule has 0 saturated heterocycles. The lowest BCUT2D eigenvalue weighted by atomic mass is 10.2. The number of hydrogen-bond acceptors (Lipinski definition) is 6. The van der Waals surface area contributed by atoms with E-state index in [0.717, 1.165) is 5.56 Å². The molecular formula is C13H10N4O2S. The van der Waals surface area contributed by atoms with Crippen LogP contribution in [0.4, 0.5) is 11.5 Å². The Morgan fingerprint density at radius 1 is 1.25 bits per heavy atom. The van der Waals surface area contributed by atoms with E-state index in [9.17, 15) is 10.1 Å². The molecule has 20 heavy (non-hydrogen) atoms. The molecule has 0 aliphatic carbocycles. The van der Waals surface area contributed by atoms with Crippen LogP contribution in [0.3, 0.4) is 0 Å². The average Bonchev–Trinajstić information content (AvgIpc) is 2.45. The zero-order valence-corrected chi connectivity index (χ0v) is 11.3. The molecule has 100 valence electrons. The average molecular weight is 286 g/mol. The maximum Gasteiger partial charge on any atom is 0.345 e. The van der Waals surface area contributed by atoms with Gasteiger partial charge in [0.15, 0.2) is 10.9 Å². The third kappa shape index (κ3) is 3.05. The van der Waals surface area contributed by atoms with E-state index in [1.54, 1.807) is 18.4 Å². The van der Waals surface area contributed by atoms with Crippen molar-refractivity contribution in [1.29, 1.82) is 0 Å². The smallest absolute Gasteiger partial charge is 0.345 e. The van der Waals surface area contributed by atoms with Crippen molar-refractivity contribution in [2.75, 3.05) is 12.0 Å². The molecule has 0 spiro atoms. The lowest BCUT2D eigenvalue weighted by Gasteiger charge is -2.01. The van der Waals surface area contributed by atoms with Gasteiger partial charge in [0.2, 0.25) is 5.82 Å². The predicted octanol–water partition coefficient (Wildman–Crippen LogP) is 2.09. The second-order valence-electron chi connectivity index (χ2n) is 3.67. The molecule has 0 unspecified atom stereocenters. The molecule has 2 rings (SSSR count). The Bertz CT molecular complexity index is 708. The number of hydrogen-bond donors (Lipinski definition) is 1. The highest BCUT2D eigenvalue weighted by atomic mass is 32.2. The summed E-state index contributed by atoms with van der Waals surface area (Å²) in [6, 6.07) is 9.14. The predicted molar refractivity (Wildman–Crippen MR) is 77.3 cm³/mol. The fourth-order valence-electron chi connectivity index (χ4n) is 1.46. The number of nitrogen functional groups attached to an aromatic ring is 1. The molecule has 2 aromatic rings. The summed E-state index contributed by atoms with van der Waals surface area (Å²) in [5.74, 6) is 5.34. The number of thioether (sulfide) groups is 1. The number of nitrogens with zero attached hydrogens (tertiary/aromatic N) is 3. The van der Waals surface area contributed by atoms with Crippen LogP contribution in [0.1, 0.15) is 11.3 Å². The van der Waals surface area contributed by atoms with Gasteiger partial charge in [-0.3, -0.25) is 10.1 Å². The molecule has 1 heterocycles. The minimum atomic E-state index is -0.617. The minimum Gasteiger partial charge on any atom is -0.378 e. The molecule has 0 amide bonds. The van der Waals surface area contributed by atoms with Gasteiger partial charge >= 0.3 is 5.69 Å². The summed E-state index contributed by atoms with van der Waals surface area (Å²) in [6.07, 6.45) is 1.76. The van der Waals surface area contributed by atoms with E-state index >= 15 is 0 Å². The van der Waals surface area contributed by atoms with Crippen LogP contribution in [0, 0.1) is 22.0 Å². The van der Waals surface area contributed by atoms with Crippen LogP contribution in [0.5, 0.6) is 0 Å². The van der Waals surface area contributed by atoms with Crippen molar-refractivity contribution in [2.45, 2.75) is 5.16 Å². The zero-order chi connectivity index (χ0) is 14.5. The van der Waals surface area contributed by atoms with Gasteiger partial charge in [-0.15, -0.1) is 0 Å². The van der Waals surface area contributed by atoms with Crippen LogP contribution in [0.2, 0.25) is 0 Å². The van der Waals surface area contributed by atoms with E-state index in [0.29, 0.717) is 5.16 Å². The highest BCUT2D eigenvalue weighted by Crippen LogP contribution is 2.24. The zero-order valence-electron chi connectivity index (χ0n) is 10.5. The van der Waals surface area contributed by atoms with E-state index in [1.807, 2.05) is 18.2 Å². The van der Waals surface area contributed by atoms with Crippen molar-refractivity contribution in [1.82, 2.24) is 9.97 Å². The van der Waals surface area contributed by atoms with Crippen LogP contribution >= 0.6 is 11.8 Å². The molecular weight excluding hydrogens is 276 g/mol. The lowest BCUT2D eigenvalue weighted by Crippen LogP contribution is -2.05. The number of nitro groups is 1. The van der Waals surface area contributed by atoms with Crippen molar-refractivity contribution >= 4 is 23.3 Å². The van der Waals surface area contributed by atoms with E-state index < -0.39 is 4.92 Å². The summed E-state index contributed by atoms with van der Waals surface area (Å²) in [7, 11) is 0. The molecule has 1 aromatic carbocycles. The standard InChI is InChI=1S/C13H10N4O2S/c1-20-13-15-10(11(17(18)19)12(14)16-13)8-7-9-5-3-2-4-6-9/h2-6H,1H3,(H2,14,15,16). The fraction of sp³-hybridized carbons (Fsp3) is 0.0769. The monoisotopic (exact) mass is 286 g/mol.